The molecule has 5 amide bonds. The highest BCUT2D eigenvalue weighted by Gasteiger charge is 2.56. The number of nitrogens with one attached hydrogen (secondary N) is 7. The molecule has 704 valence electrons. The number of likely N-dealkylation sites (tertiary alicyclic amines) is 2. The van der Waals surface area contributed by atoms with Gasteiger partial charge in [-0.2, -0.15) is 0 Å². The number of Topliss-reactive ketones (excluding diaryl/α,β-unsaturated/α-hetero) is 1. The van der Waals surface area contributed by atoms with E-state index in [2.05, 4.69) is 46.5 Å². The van der Waals surface area contributed by atoms with Crippen LogP contribution in [0, 0.1) is 23.7 Å². The van der Waals surface area contributed by atoms with Crippen molar-refractivity contribution in [3.8, 4) is 0 Å². The number of aromatic amines is 4. The second kappa shape index (κ2) is 43.3. The van der Waals surface area contributed by atoms with Crippen LogP contribution >= 0.6 is 0 Å². The molecule has 5 aliphatic heterocycles. The summed E-state index contributed by atoms with van der Waals surface area (Å²) in [5, 5.41) is 138. The largest absolute Gasteiger partial charge is 0.394 e. The molecule has 5 saturated heterocycles. The van der Waals surface area contributed by atoms with Crippen LogP contribution in [0.15, 0.2) is 43.7 Å². The van der Waals surface area contributed by atoms with Gasteiger partial charge in [-0.05, 0) is 95.3 Å². The van der Waals surface area contributed by atoms with E-state index in [1.807, 2.05) is 9.97 Å². The average molecular weight is 1800 g/mol. The van der Waals surface area contributed by atoms with E-state index in [0.717, 1.165) is 89.2 Å². The number of ketones is 1. The maximum atomic E-state index is 14.9. The van der Waals surface area contributed by atoms with Crippen LogP contribution in [0.2, 0.25) is 0 Å². The number of aromatic nitrogens is 10. The van der Waals surface area contributed by atoms with Gasteiger partial charge in [0, 0.05) is 50.7 Å². The van der Waals surface area contributed by atoms with Crippen molar-refractivity contribution in [1.82, 2.24) is 75.7 Å². The molecule has 4 aromatic heterocycles. The van der Waals surface area contributed by atoms with E-state index in [4.69, 9.17) is 47.4 Å². The minimum atomic E-state index is -1.86. The van der Waals surface area contributed by atoms with E-state index in [-0.39, 0.29) is 93.2 Å². The molecule has 5 aliphatic carbocycles. The quantitative estimate of drug-likeness (QED) is 0.0206. The number of ether oxygens (including phenoxy) is 10. The standard InChI is InChI=1S/C82H121N15O30/c1-39-25-53(64(106)67(109)62(39)104)120-71-47(83-74(112)49-29-58(101)88-81(116)85-49)17-9-19-51(71)124-79-61(73(66(108)57(36-99)126-79)122-55(77(115)95-23-12-24-95)27-42-15-7-4-8-16-42)87-60(103)34-97-32-44(91-93-97)38-118-37-43-31-96(92-90-43)33-45(100)28-46-70(121-54(76(114)94-21-11-22-94)26-41-13-5-3-6-14-41)65(107)56(35-98)125-78(46)123-52-20-10-18-48(84-75(113)50-30-59(102)89-82(117)86-50)72(52)127-80-69(111)68(110)63(105)40(2)119-80/h29-32,39-42,46-48,51-57,61-73,78-80,98-99,104-111H,3-28,33-38H2,1-2H3,(H,83,112)(H,84,113)(H,87,103)(H2,85,88,101,116)(H2,86,89,102,117)/t39-,40+,46-,47+,48+,51-,52-,53-,54+,55+,56-,57-,61-,62-,63-,64-,65+,66+,67-,68-,69+,70-,71-,72-,73-,78-,79-,80+/m1/s1. The monoisotopic (exact) mass is 1800 g/mol. The molecular formula is C82H121N15O30. The summed E-state index contributed by atoms with van der Waals surface area (Å²) in [7, 11) is 0. The first kappa shape index (κ1) is 95.0. The zero-order valence-electron chi connectivity index (χ0n) is 71.0. The summed E-state index contributed by atoms with van der Waals surface area (Å²) in [4.78, 5) is 148. The topological polar surface area (TPSA) is 632 Å². The Morgan fingerprint density at radius 1 is 0.488 bits per heavy atom. The van der Waals surface area contributed by atoms with E-state index in [1.54, 1.807) is 16.7 Å². The normalized spacial score (nSPS) is 34.5. The Balaban J connectivity index is 0.680. The summed E-state index contributed by atoms with van der Waals surface area (Å²) >= 11 is 0. The molecule has 0 bridgehead atoms. The summed E-state index contributed by atoms with van der Waals surface area (Å²) < 4.78 is 67.8. The molecular weight excluding hydrogens is 1670 g/mol. The molecule has 9 heterocycles. The van der Waals surface area contributed by atoms with Gasteiger partial charge in [0.15, 0.2) is 24.7 Å². The maximum Gasteiger partial charge on any atom is 0.326 e. The Bertz CT molecular complexity index is 4250. The van der Waals surface area contributed by atoms with Crippen LogP contribution in [0.25, 0.3) is 0 Å². The molecule has 0 aromatic carbocycles. The Morgan fingerprint density at radius 2 is 0.976 bits per heavy atom. The Morgan fingerprint density at radius 3 is 1.49 bits per heavy atom. The molecule has 45 heteroatoms. The third-order valence-electron chi connectivity index (χ3n) is 26.5. The highest BCUT2D eigenvalue weighted by Crippen LogP contribution is 2.42. The lowest BCUT2D eigenvalue weighted by atomic mass is 9.81. The molecule has 45 nitrogen and oxygen atoms in total. The third kappa shape index (κ3) is 23.4. The first-order chi connectivity index (χ1) is 61.0. The van der Waals surface area contributed by atoms with Crippen molar-refractivity contribution in [3.63, 3.8) is 0 Å². The van der Waals surface area contributed by atoms with E-state index in [0.29, 0.717) is 39.0 Å². The van der Waals surface area contributed by atoms with E-state index in [9.17, 15) is 99.0 Å². The van der Waals surface area contributed by atoms with Gasteiger partial charge in [-0.1, -0.05) is 81.6 Å². The number of aliphatic hydroxyl groups excluding tert-OH is 10. The van der Waals surface area contributed by atoms with Crippen LogP contribution in [0.1, 0.15) is 187 Å². The molecule has 0 unspecified atom stereocenters. The van der Waals surface area contributed by atoms with Crippen molar-refractivity contribution in [2.45, 2.75) is 340 Å². The number of hydrogen-bond acceptors (Lipinski definition) is 34. The number of amides is 5. The van der Waals surface area contributed by atoms with Crippen molar-refractivity contribution in [1.29, 1.82) is 0 Å². The summed E-state index contributed by atoms with van der Waals surface area (Å²) in [5.74, 6) is -5.52. The zero-order valence-corrected chi connectivity index (χ0v) is 71.0. The van der Waals surface area contributed by atoms with Crippen LogP contribution in [0.5, 0.6) is 0 Å². The summed E-state index contributed by atoms with van der Waals surface area (Å²) in [6, 6.07) is -1.87. The number of hydrogen-bond donors (Lipinski definition) is 17. The van der Waals surface area contributed by atoms with Gasteiger partial charge < -0.3 is 134 Å². The van der Waals surface area contributed by atoms with Gasteiger partial charge in [0.2, 0.25) is 5.91 Å². The van der Waals surface area contributed by atoms with Crippen LogP contribution in [-0.2, 0) is 92.9 Å². The van der Waals surface area contributed by atoms with E-state index < -0.39 is 261 Å². The molecule has 10 fully saturated rings. The number of carbonyl (C=O) groups is 6. The van der Waals surface area contributed by atoms with Crippen LogP contribution < -0.4 is 38.4 Å². The fraction of sp³-hybridized carbons (Fsp3) is 0.780. The minimum Gasteiger partial charge on any atom is -0.394 e. The average Bonchev–Trinajstić information content (AvgIpc) is 0.936. The number of carbonyl (C=O) groups excluding carboxylic acids is 6. The molecule has 17 N–H and O–H groups in total. The highest BCUT2D eigenvalue weighted by molar-refractivity contribution is 5.93. The van der Waals surface area contributed by atoms with Gasteiger partial charge in [0.05, 0.1) is 87.5 Å². The highest BCUT2D eigenvalue weighted by atomic mass is 16.7. The number of aliphatic hydroxyl groups is 10. The predicted molar refractivity (Wildman–Crippen MR) is 432 cm³/mol. The number of nitrogens with zero attached hydrogens (tertiary/aromatic N) is 8. The Hall–Kier alpha value is -8.14. The number of H-pyrrole nitrogens is 4. The van der Waals surface area contributed by atoms with Crippen LogP contribution in [-0.4, -0.2) is 345 Å². The van der Waals surface area contributed by atoms with Gasteiger partial charge in [-0.25, -0.2) is 19.0 Å². The van der Waals surface area contributed by atoms with Gasteiger partial charge in [0.1, 0.15) is 127 Å². The Kier molecular flexibility index (Phi) is 32.4. The van der Waals surface area contributed by atoms with Crippen molar-refractivity contribution in [3.05, 3.63) is 89.0 Å². The summed E-state index contributed by atoms with van der Waals surface area (Å²) in [6.07, 6.45) is -18.8. The molecule has 10 aliphatic rings. The smallest absolute Gasteiger partial charge is 0.326 e. The lowest BCUT2D eigenvalue weighted by molar-refractivity contribution is -0.340. The SMILES string of the molecule is C[C@@H]1C[C@@H](O[C@@H]2[C@@H](NC(=O)c3cc(=O)[nH]c(=O)[nH]3)CCC[C@H]2O[C@@H]2O[C@H](CO)[C@H](O)[C@H](O[C@@H](CC3CCCCC3)C(=O)N3CCC3)[C@H]2NC(=O)Cn2cc(COCc3cn(CC(=O)C[C@H]4[C@H](O[C@@H]5CCC[C@H](NC(=O)c6cc(=O)[nH]c(=O)[nH]6)[C@H]5O[C@@H]5O[C@@H](C)[C@@H](O)[C@@H](O)[C@@H]5O)O[C@H](CO)[C@H](O)[C@@H]4O[C@@H](CC4CCCCC4)C(=O)N4CCC4)nn3)nn2)[C@@H](O)[C@H](O)[C@@H]1O. The van der Waals surface area contributed by atoms with Gasteiger partial charge in [0.25, 0.3) is 34.7 Å². The second-order valence-electron chi connectivity index (χ2n) is 35.7. The molecule has 28 atom stereocenters. The molecule has 14 rings (SSSR count). The third-order valence-corrected chi connectivity index (χ3v) is 26.5. The maximum absolute atomic E-state index is 14.9. The van der Waals surface area contributed by atoms with Crippen LogP contribution in [0.4, 0.5) is 0 Å². The van der Waals surface area contributed by atoms with Crippen molar-refractivity contribution < 1.29 is 127 Å². The number of rotatable bonds is 35. The fourth-order valence-corrected chi connectivity index (χ4v) is 19.3. The first-order valence-electron chi connectivity index (χ1n) is 44.6. The molecule has 4 aromatic rings. The van der Waals surface area contributed by atoms with Gasteiger partial charge >= 0.3 is 11.4 Å². The summed E-state index contributed by atoms with van der Waals surface area (Å²) in [5.41, 5.74) is -4.03. The molecule has 127 heavy (non-hydrogen) atoms. The van der Waals surface area contributed by atoms with Crippen molar-refractivity contribution in [2.75, 3.05) is 39.4 Å². The van der Waals surface area contributed by atoms with E-state index >= 15 is 0 Å². The van der Waals surface area contributed by atoms with Crippen LogP contribution in [0.3, 0.4) is 0 Å². The van der Waals surface area contributed by atoms with Gasteiger partial charge in [-0.3, -0.25) is 48.3 Å². The molecule has 5 saturated carbocycles. The molecule has 0 radical (unpaired) electrons. The van der Waals surface area contributed by atoms with Gasteiger partial charge in [-0.15, -0.1) is 10.2 Å². The molecule has 0 spiro atoms. The lowest BCUT2D eigenvalue weighted by Gasteiger charge is -2.49. The lowest BCUT2D eigenvalue weighted by Crippen LogP contribution is -2.68. The van der Waals surface area contributed by atoms with Crippen molar-refractivity contribution >= 4 is 35.3 Å². The summed E-state index contributed by atoms with van der Waals surface area (Å²) in [6.45, 7) is 1.90. The van der Waals surface area contributed by atoms with Crippen molar-refractivity contribution in [2.24, 2.45) is 23.7 Å². The first-order valence-corrected chi connectivity index (χ1v) is 44.6. The second-order valence-corrected chi connectivity index (χ2v) is 35.7. The fourth-order valence-electron chi connectivity index (χ4n) is 19.3. The predicted octanol–water partition coefficient (Wildman–Crippen LogP) is -4.71. The minimum absolute atomic E-state index is 0.0168. The Labute approximate surface area is 727 Å². The van der Waals surface area contributed by atoms with E-state index in [1.165, 1.54) is 28.7 Å². The zero-order chi connectivity index (χ0) is 90.0.